The number of nitrogens with zero attached hydrogens (tertiary/aromatic N) is 1. The zero-order chi connectivity index (χ0) is 19.3. The fourth-order valence-electron chi connectivity index (χ4n) is 3.78. The topological polar surface area (TPSA) is 29.5 Å². The van der Waals surface area contributed by atoms with Gasteiger partial charge in [-0.3, -0.25) is 4.79 Å². The van der Waals surface area contributed by atoms with Gasteiger partial charge in [-0.2, -0.15) is 0 Å². The molecule has 3 aromatic carbocycles. The van der Waals surface area contributed by atoms with E-state index in [-0.39, 0.29) is 18.3 Å². The number of amides is 1. The lowest BCUT2D eigenvalue weighted by molar-refractivity contribution is -0.138. The highest BCUT2D eigenvalue weighted by Crippen LogP contribution is 2.36. The third-order valence-corrected chi connectivity index (χ3v) is 5.14. The summed E-state index contributed by atoms with van der Waals surface area (Å²) in [5, 5.41) is 0. The van der Waals surface area contributed by atoms with Crippen LogP contribution < -0.4 is 0 Å². The Bertz CT molecular complexity index is 958. The molecular weight excluding hydrogens is 353 g/mol. The number of rotatable bonds is 5. The predicted octanol–water partition coefficient (Wildman–Crippen LogP) is 4.52. The number of carbonyl (C=O) groups excluding carboxylic acids is 1. The van der Waals surface area contributed by atoms with Gasteiger partial charge in [0.25, 0.3) is 0 Å². The van der Waals surface area contributed by atoms with E-state index < -0.39 is 6.04 Å². The minimum atomic E-state index is -0.432. The Morgan fingerprint density at radius 3 is 2.39 bits per heavy atom. The van der Waals surface area contributed by atoms with Crippen LogP contribution in [0.2, 0.25) is 0 Å². The Balaban J connectivity index is 1.56. The zero-order valence-electron chi connectivity index (χ0n) is 15.6. The molecule has 1 unspecified atom stereocenters. The summed E-state index contributed by atoms with van der Waals surface area (Å²) in [4.78, 5) is 14.7. The van der Waals surface area contributed by atoms with E-state index in [9.17, 15) is 9.18 Å². The molecule has 1 atom stereocenters. The van der Waals surface area contributed by atoms with Crippen molar-refractivity contribution in [2.75, 3.05) is 13.2 Å². The van der Waals surface area contributed by atoms with E-state index in [1.165, 1.54) is 6.07 Å². The van der Waals surface area contributed by atoms with Crippen LogP contribution in [-0.2, 0) is 22.6 Å². The molecule has 0 N–H and O–H groups in total. The fraction of sp³-hybridized carbons (Fsp3) is 0.208. The molecule has 1 amide bonds. The molecule has 142 valence electrons. The van der Waals surface area contributed by atoms with Crippen LogP contribution in [0.5, 0.6) is 0 Å². The van der Waals surface area contributed by atoms with Crippen molar-refractivity contribution >= 4 is 5.91 Å². The molecule has 4 rings (SSSR count). The van der Waals surface area contributed by atoms with Crippen LogP contribution in [-0.4, -0.2) is 24.0 Å². The number of carbonyl (C=O) groups is 1. The monoisotopic (exact) mass is 375 g/mol. The van der Waals surface area contributed by atoms with E-state index in [4.69, 9.17) is 4.74 Å². The van der Waals surface area contributed by atoms with Crippen LogP contribution in [0.3, 0.4) is 0 Å². The average molecular weight is 375 g/mol. The molecular formula is C24H22FNO2. The first-order valence-corrected chi connectivity index (χ1v) is 9.47. The molecule has 3 nitrogen and oxygen atoms in total. The molecule has 0 aliphatic carbocycles. The lowest BCUT2D eigenvalue weighted by Crippen LogP contribution is -2.42. The number of hydrogen-bond acceptors (Lipinski definition) is 2. The first kappa shape index (κ1) is 18.4. The molecule has 4 heteroatoms. The Hall–Kier alpha value is -2.98. The quantitative estimate of drug-likeness (QED) is 0.656. The van der Waals surface area contributed by atoms with Gasteiger partial charge in [-0.25, -0.2) is 4.39 Å². The van der Waals surface area contributed by atoms with Crippen molar-refractivity contribution in [1.82, 2.24) is 4.90 Å². The molecule has 0 fully saturated rings. The fourth-order valence-corrected chi connectivity index (χ4v) is 3.78. The van der Waals surface area contributed by atoms with Crippen LogP contribution in [0.1, 0.15) is 28.3 Å². The molecule has 0 saturated carbocycles. The number of fused-ring (bicyclic) bond motifs is 1. The summed E-state index contributed by atoms with van der Waals surface area (Å²) in [7, 11) is 0. The lowest BCUT2D eigenvalue weighted by atomic mass is 9.88. The summed E-state index contributed by atoms with van der Waals surface area (Å²) in [5.41, 5.74) is 3.68. The molecule has 0 aromatic heterocycles. The van der Waals surface area contributed by atoms with Gasteiger partial charge in [0.2, 0.25) is 5.91 Å². The van der Waals surface area contributed by atoms with Gasteiger partial charge < -0.3 is 9.64 Å². The number of benzene rings is 3. The Labute approximate surface area is 164 Å². The van der Waals surface area contributed by atoms with E-state index in [0.29, 0.717) is 18.7 Å². The summed E-state index contributed by atoms with van der Waals surface area (Å²) in [6.07, 6.45) is 0.756. The van der Waals surface area contributed by atoms with E-state index >= 15 is 0 Å². The van der Waals surface area contributed by atoms with Crippen molar-refractivity contribution in [3.05, 3.63) is 107 Å². The second-order valence-corrected chi connectivity index (χ2v) is 6.94. The SMILES string of the molecule is O=C(COCc1ccccc1)N1CCc2ccccc2C1c1ccccc1F. The first-order valence-electron chi connectivity index (χ1n) is 9.47. The molecule has 0 saturated heterocycles. The third-order valence-electron chi connectivity index (χ3n) is 5.14. The van der Waals surface area contributed by atoms with Crippen LogP contribution in [0, 0.1) is 5.82 Å². The highest BCUT2D eigenvalue weighted by Gasteiger charge is 2.33. The van der Waals surface area contributed by atoms with Gasteiger partial charge in [0.1, 0.15) is 12.4 Å². The van der Waals surface area contributed by atoms with Gasteiger partial charge >= 0.3 is 0 Å². The molecule has 1 aliphatic heterocycles. The Kier molecular flexibility index (Phi) is 5.49. The van der Waals surface area contributed by atoms with Gasteiger partial charge in [-0.15, -0.1) is 0 Å². The lowest BCUT2D eigenvalue weighted by Gasteiger charge is -2.37. The average Bonchev–Trinajstić information content (AvgIpc) is 2.74. The third kappa shape index (κ3) is 3.82. The Morgan fingerprint density at radius 1 is 0.929 bits per heavy atom. The van der Waals surface area contributed by atoms with Crippen molar-refractivity contribution < 1.29 is 13.9 Å². The predicted molar refractivity (Wildman–Crippen MR) is 106 cm³/mol. The van der Waals surface area contributed by atoms with Gasteiger partial charge in [-0.1, -0.05) is 72.8 Å². The zero-order valence-corrected chi connectivity index (χ0v) is 15.6. The van der Waals surface area contributed by atoms with Crippen molar-refractivity contribution in [2.45, 2.75) is 19.1 Å². The minimum absolute atomic E-state index is 0.0258. The standard InChI is InChI=1S/C24H22FNO2/c25-22-13-7-6-12-21(22)24-20-11-5-4-10-19(20)14-15-26(24)23(27)17-28-16-18-8-2-1-3-9-18/h1-13,24H,14-17H2. The molecule has 1 heterocycles. The number of halogens is 1. The first-order chi connectivity index (χ1) is 13.7. The number of ether oxygens (including phenoxy) is 1. The molecule has 0 radical (unpaired) electrons. The van der Waals surface area contributed by atoms with Crippen molar-refractivity contribution in [3.63, 3.8) is 0 Å². The van der Waals surface area contributed by atoms with Crippen LogP contribution in [0.4, 0.5) is 4.39 Å². The maximum absolute atomic E-state index is 14.6. The van der Waals surface area contributed by atoms with Crippen molar-refractivity contribution in [1.29, 1.82) is 0 Å². The molecule has 0 spiro atoms. The van der Waals surface area contributed by atoms with Gasteiger partial charge in [0.15, 0.2) is 0 Å². The largest absolute Gasteiger partial charge is 0.367 e. The minimum Gasteiger partial charge on any atom is -0.367 e. The maximum atomic E-state index is 14.6. The summed E-state index contributed by atoms with van der Waals surface area (Å²) in [5.74, 6) is -0.425. The van der Waals surface area contributed by atoms with Crippen LogP contribution in [0.15, 0.2) is 78.9 Å². The smallest absolute Gasteiger partial charge is 0.249 e. The Morgan fingerprint density at radius 2 is 1.61 bits per heavy atom. The summed E-state index contributed by atoms with van der Waals surface area (Å²) in [6.45, 7) is 0.896. The van der Waals surface area contributed by atoms with Gasteiger partial charge in [0.05, 0.1) is 12.6 Å². The van der Waals surface area contributed by atoms with Crippen LogP contribution >= 0.6 is 0 Å². The maximum Gasteiger partial charge on any atom is 0.249 e. The van der Waals surface area contributed by atoms with E-state index in [1.807, 2.05) is 54.6 Å². The van der Waals surface area contributed by atoms with Gasteiger partial charge in [0, 0.05) is 12.1 Å². The number of hydrogen-bond donors (Lipinski definition) is 0. The summed E-state index contributed by atoms with van der Waals surface area (Å²) in [6, 6.07) is 24.0. The molecule has 1 aliphatic rings. The molecule has 3 aromatic rings. The van der Waals surface area contributed by atoms with E-state index in [0.717, 1.165) is 23.1 Å². The second-order valence-electron chi connectivity index (χ2n) is 6.94. The second kappa shape index (κ2) is 8.36. The summed E-state index contributed by atoms with van der Waals surface area (Å²) >= 11 is 0. The van der Waals surface area contributed by atoms with Gasteiger partial charge in [-0.05, 0) is 29.2 Å². The highest BCUT2D eigenvalue weighted by molar-refractivity contribution is 5.79. The highest BCUT2D eigenvalue weighted by atomic mass is 19.1. The molecule has 0 bridgehead atoms. The van der Waals surface area contributed by atoms with E-state index in [2.05, 4.69) is 6.07 Å². The van der Waals surface area contributed by atoms with Crippen molar-refractivity contribution in [3.8, 4) is 0 Å². The normalized spacial score (nSPS) is 15.9. The molecule has 28 heavy (non-hydrogen) atoms. The summed E-state index contributed by atoms with van der Waals surface area (Å²) < 4.78 is 20.3. The van der Waals surface area contributed by atoms with Crippen molar-refractivity contribution in [2.24, 2.45) is 0 Å². The van der Waals surface area contributed by atoms with Crippen LogP contribution in [0.25, 0.3) is 0 Å². The van der Waals surface area contributed by atoms with E-state index in [1.54, 1.807) is 17.0 Å².